The summed E-state index contributed by atoms with van der Waals surface area (Å²) in [6.45, 7) is 6.08. The molecule has 208 valence electrons. The van der Waals surface area contributed by atoms with Crippen LogP contribution in [-0.2, 0) is 21.3 Å². The summed E-state index contributed by atoms with van der Waals surface area (Å²) in [6.07, 6.45) is 1.42. The number of likely N-dealkylation sites (N-methyl/N-ethyl adjacent to an activating group) is 1. The lowest BCUT2D eigenvalue weighted by atomic mass is 10.2. The molecule has 39 heavy (non-hydrogen) atoms. The Balaban J connectivity index is 1.31. The highest BCUT2D eigenvalue weighted by Crippen LogP contribution is 2.31. The second-order valence-corrected chi connectivity index (χ2v) is 11.9. The molecule has 2 saturated heterocycles. The highest BCUT2D eigenvalue weighted by molar-refractivity contribution is 7.89. The molecule has 0 amide bonds. The third-order valence-electron chi connectivity index (χ3n) is 6.74. The van der Waals surface area contributed by atoms with Gasteiger partial charge in [0.25, 0.3) is 0 Å². The molecular weight excluding hydrogens is 545 g/mol. The quantitative estimate of drug-likeness (QED) is 0.417. The fourth-order valence-corrected chi connectivity index (χ4v) is 6.17. The van der Waals surface area contributed by atoms with E-state index in [2.05, 4.69) is 49.6 Å². The Labute approximate surface area is 232 Å². The molecule has 0 unspecified atom stereocenters. The van der Waals surface area contributed by atoms with E-state index in [-0.39, 0.29) is 53.7 Å². The Morgan fingerprint density at radius 1 is 1.00 bits per heavy atom. The van der Waals surface area contributed by atoms with Gasteiger partial charge in [-0.2, -0.15) is 9.29 Å². The van der Waals surface area contributed by atoms with Gasteiger partial charge in [-0.25, -0.2) is 17.8 Å². The molecule has 0 aliphatic carbocycles. The number of benzene rings is 2. The molecular formula is C26H31ClFN7O3S. The number of piperazine rings is 1. The van der Waals surface area contributed by atoms with Crippen LogP contribution in [0.15, 0.2) is 53.6 Å². The number of aromatic nitrogens is 2. The van der Waals surface area contributed by atoms with E-state index in [1.165, 1.54) is 28.2 Å². The lowest BCUT2D eigenvalue weighted by Gasteiger charge is -2.32. The minimum Gasteiger partial charge on any atom is -0.379 e. The zero-order valence-electron chi connectivity index (χ0n) is 21.6. The van der Waals surface area contributed by atoms with Gasteiger partial charge in [0.2, 0.25) is 16.0 Å². The molecule has 3 heterocycles. The second kappa shape index (κ2) is 12.1. The molecule has 1 aromatic heterocycles. The molecule has 0 saturated carbocycles. The highest BCUT2D eigenvalue weighted by Gasteiger charge is 2.29. The van der Waals surface area contributed by atoms with Crippen molar-refractivity contribution in [1.29, 1.82) is 0 Å². The predicted octanol–water partition coefficient (Wildman–Crippen LogP) is 3.52. The van der Waals surface area contributed by atoms with E-state index in [4.69, 9.17) is 16.3 Å². The number of nitrogens with one attached hydrogen (secondary N) is 2. The van der Waals surface area contributed by atoms with Crippen molar-refractivity contribution in [2.45, 2.75) is 11.4 Å². The second-order valence-electron chi connectivity index (χ2n) is 9.57. The fraction of sp³-hybridized carbons (Fsp3) is 0.385. The summed E-state index contributed by atoms with van der Waals surface area (Å²) in [5.41, 5.74) is 2.17. The summed E-state index contributed by atoms with van der Waals surface area (Å²) < 4.78 is 47.3. The summed E-state index contributed by atoms with van der Waals surface area (Å²) in [4.78, 5) is 13.3. The van der Waals surface area contributed by atoms with E-state index in [1.807, 2.05) is 12.1 Å². The van der Waals surface area contributed by atoms with Crippen LogP contribution >= 0.6 is 11.6 Å². The maximum Gasteiger partial charge on any atom is 0.245 e. The van der Waals surface area contributed by atoms with Gasteiger partial charge in [0.05, 0.1) is 25.1 Å². The molecule has 10 nitrogen and oxygen atoms in total. The summed E-state index contributed by atoms with van der Waals surface area (Å²) in [5.74, 6) is -0.209. The zero-order valence-corrected chi connectivity index (χ0v) is 23.2. The predicted molar refractivity (Wildman–Crippen MR) is 149 cm³/mol. The monoisotopic (exact) mass is 575 g/mol. The average Bonchev–Trinajstić information content (AvgIpc) is 2.94. The molecule has 0 radical (unpaired) electrons. The topological polar surface area (TPSA) is 103 Å². The molecule has 13 heteroatoms. The number of ether oxygens (including phenoxy) is 1. The number of nitrogens with zero attached hydrogens (tertiary/aromatic N) is 5. The van der Waals surface area contributed by atoms with Gasteiger partial charge in [-0.1, -0.05) is 23.7 Å². The Bertz CT molecular complexity index is 1400. The fourth-order valence-electron chi connectivity index (χ4n) is 4.47. The SMILES string of the molecule is CN1CCN(Cc2ccc(Nc3ncc(Cl)c(Nc4ccc(F)cc4S(=O)(=O)N4CCOCC4)n3)cc2)CC1. The Morgan fingerprint density at radius 3 is 2.44 bits per heavy atom. The Morgan fingerprint density at radius 2 is 1.72 bits per heavy atom. The largest absolute Gasteiger partial charge is 0.379 e. The number of morpholine rings is 1. The Hall–Kier alpha value is -2.87. The van der Waals surface area contributed by atoms with Crippen LogP contribution in [0.1, 0.15) is 5.56 Å². The van der Waals surface area contributed by atoms with Gasteiger partial charge in [-0.05, 0) is 42.9 Å². The van der Waals surface area contributed by atoms with E-state index < -0.39 is 15.8 Å². The van der Waals surface area contributed by atoms with Crippen molar-refractivity contribution in [3.05, 3.63) is 65.1 Å². The van der Waals surface area contributed by atoms with Crippen LogP contribution in [0.5, 0.6) is 0 Å². The number of halogens is 2. The number of anilines is 4. The minimum atomic E-state index is -3.98. The maximum atomic E-state index is 14.1. The van der Waals surface area contributed by atoms with Crippen LogP contribution < -0.4 is 10.6 Å². The van der Waals surface area contributed by atoms with Gasteiger partial charge in [-0.3, -0.25) is 4.90 Å². The third kappa shape index (κ3) is 6.83. The van der Waals surface area contributed by atoms with Crippen molar-refractivity contribution in [2.75, 3.05) is 70.2 Å². The van der Waals surface area contributed by atoms with E-state index in [0.29, 0.717) is 0 Å². The molecule has 3 aromatic rings. The Kier molecular flexibility index (Phi) is 8.60. The first-order valence-corrected chi connectivity index (χ1v) is 14.5. The molecule has 2 N–H and O–H groups in total. The van der Waals surface area contributed by atoms with E-state index in [9.17, 15) is 12.8 Å². The molecule has 2 fully saturated rings. The van der Waals surface area contributed by atoms with Gasteiger partial charge in [0.15, 0.2) is 5.82 Å². The molecule has 0 bridgehead atoms. The number of hydrogen-bond donors (Lipinski definition) is 2. The molecule has 2 aliphatic heterocycles. The first kappa shape index (κ1) is 27.7. The lowest BCUT2D eigenvalue weighted by molar-refractivity contribution is 0.0730. The van der Waals surface area contributed by atoms with Crippen molar-refractivity contribution >= 4 is 44.8 Å². The molecule has 5 rings (SSSR count). The van der Waals surface area contributed by atoms with Crippen molar-refractivity contribution in [2.24, 2.45) is 0 Å². The van der Waals surface area contributed by atoms with Crippen LogP contribution in [0.3, 0.4) is 0 Å². The van der Waals surface area contributed by atoms with Crippen LogP contribution in [-0.4, -0.2) is 92.0 Å². The number of rotatable bonds is 8. The minimum absolute atomic E-state index is 0.155. The van der Waals surface area contributed by atoms with Crippen LogP contribution in [0.4, 0.5) is 27.5 Å². The molecule has 2 aromatic carbocycles. The summed E-state index contributed by atoms with van der Waals surface area (Å²) in [7, 11) is -1.84. The summed E-state index contributed by atoms with van der Waals surface area (Å²) in [5, 5.41) is 6.30. The molecule has 0 atom stereocenters. The van der Waals surface area contributed by atoms with Gasteiger partial charge in [0, 0.05) is 51.5 Å². The third-order valence-corrected chi connectivity index (χ3v) is 8.96. The van der Waals surface area contributed by atoms with Gasteiger partial charge >= 0.3 is 0 Å². The smallest absolute Gasteiger partial charge is 0.245 e. The first-order chi connectivity index (χ1) is 18.8. The number of sulfonamides is 1. The normalized spacial score (nSPS) is 17.7. The van der Waals surface area contributed by atoms with E-state index >= 15 is 0 Å². The lowest BCUT2D eigenvalue weighted by Crippen LogP contribution is -2.43. The van der Waals surface area contributed by atoms with Crippen molar-refractivity contribution in [1.82, 2.24) is 24.1 Å². The standard InChI is InChI=1S/C26H31ClFN7O3S/c1-33-8-10-34(11-9-33)18-19-2-5-21(6-3-19)30-26-29-17-22(27)25(32-26)31-23-7-4-20(28)16-24(23)39(36,37)35-12-14-38-15-13-35/h2-7,16-17H,8-15,18H2,1H3,(H2,29,30,31,32). The maximum absolute atomic E-state index is 14.1. The van der Waals surface area contributed by atoms with Crippen LogP contribution in [0.2, 0.25) is 5.02 Å². The summed E-state index contributed by atoms with van der Waals surface area (Å²) >= 11 is 6.34. The molecule has 2 aliphatic rings. The van der Waals surface area contributed by atoms with Crippen molar-refractivity contribution in [3.63, 3.8) is 0 Å². The molecule has 0 spiro atoms. The van der Waals surface area contributed by atoms with Gasteiger partial charge < -0.3 is 20.3 Å². The zero-order chi connectivity index (χ0) is 27.4. The highest BCUT2D eigenvalue weighted by atomic mass is 35.5. The van der Waals surface area contributed by atoms with Crippen LogP contribution in [0.25, 0.3) is 0 Å². The summed E-state index contributed by atoms with van der Waals surface area (Å²) in [6, 6.07) is 11.6. The number of hydrogen-bond acceptors (Lipinski definition) is 9. The first-order valence-electron chi connectivity index (χ1n) is 12.7. The van der Waals surface area contributed by atoms with Crippen LogP contribution in [0, 0.1) is 5.82 Å². The van der Waals surface area contributed by atoms with Gasteiger partial charge in [-0.15, -0.1) is 0 Å². The average molecular weight is 576 g/mol. The van der Waals surface area contributed by atoms with Crippen molar-refractivity contribution in [3.8, 4) is 0 Å². The van der Waals surface area contributed by atoms with E-state index in [1.54, 1.807) is 0 Å². The van der Waals surface area contributed by atoms with E-state index in [0.717, 1.165) is 44.5 Å². The van der Waals surface area contributed by atoms with Gasteiger partial charge in [0.1, 0.15) is 15.7 Å². The van der Waals surface area contributed by atoms with Crippen molar-refractivity contribution < 1.29 is 17.5 Å².